The lowest BCUT2D eigenvalue weighted by atomic mass is 10.2. The number of carbonyl (C=O) groups is 1. The molecule has 128 valence electrons. The molecular weight excluding hydrogens is 365 g/mol. The summed E-state index contributed by atoms with van der Waals surface area (Å²) in [5.41, 5.74) is 0.830. The number of amides is 1. The minimum absolute atomic E-state index is 0.148. The molecule has 1 aromatic heterocycles. The Balaban J connectivity index is 1.62. The number of aryl methyl sites for hydroxylation is 1. The van der Waals surface area contributed by atoms with Gasteiger partial charge in [0.2, 0.25) is 5.89 Å². The molecule has 8 heteroatoms. The van der Waals surface area contributed by atoms with E-state index in [1.807, 2.05) is 12.1 Å². The van der Waals surface area contributed by atoms with Crippen LogP contribution in [0, 0.1) is 12.7 Å². The van der Waals surface area contributed by atoms with E-state index in [2.05, 4.69) is 15.5 Å². The fourth-order valence-corrected chi connectivity index (χ4v) is 2.98. The van der Waals surface area contributed by atoms with Crippen molar-refractivity contribution in [2.45, 2.75) is 17.6 Å². The first-order valence-corrected chi connectivity index (χ1v) is 8.66. The van der Waals surface area contributed by atoms with Gasteiger partial charge in [0.1, 0.15) is 5.82 Å². The van der Waals surface area contributed by atoms with Gasteiger partial charge >= 0.3 is 0 Å². The molecule has 0 radical (unpaired) electrons. The summed E-state index contributed by atoms with van der Waals surface area (Å²) < 4.78 is 18.1. The fourth-order valence-electron chi connectivity index (χ4n) is 2.03. The highest BCUT2D eigenvalue weighted by molar-refractivity contribution is 7.98. The first kappa shape index (κ1) is 17.4. The molecule has 0 unspecified atom stereocenters. The van der Waals surface area contributed by atoms with E-state index < -0.39 is 5.82 Å². The van der Waals surface area contributed by atoms with Crippen molar-refractivity contribution in [1.82, 2.24) is 10.1 Å². The van der Waals surface area contributed by atoms with Crippen LogP contribution in [0.15, 0.2) is 51.9 Å². The number of nitrogens with one attached hydrogen (secondary N) is 1. The molecule has 1 heterocycles. The molecule has 2 aromatic carbocycles. The highest BCUT2D eigenvalue weighted by atomic mass is 35.5. The van der Waals surface area contributed by atoms with Crippen LogP contribution in [0.4, 0.5) is 10.1 Å². The molecule has 0 aliphatic rings. The topological polar surface area (TPSA) is 68.0 Å². The van der Waals surface area contributed by atoms with E-state index in [4.69, 9.17) is 16.1 Å². The zero-order chi connectivity index (χ0) is 17.8. The van der Waals surface area contributed by atoms with Gasteiger partial charge in [0.15, 0.2) is 5.82 Å². The third kappa shape index (κ3) is 4.58. The van der Waals surface area contributed by atoms with Crippen LogP contribution in [0.2, 0.25) is 5.02 Å². The van der Waals surface area contributed by atoms with E-state index in [0.29, 0.717) is 28.7 Å². The summed E-state index contributed by atoms with van der Waals surface area (Å²) >= 11 is 7.43. The summed E-state index contributed by atoms with van der Waals surface area (Å²) in [5.74, 6) is 0.924. The van der Waals surface area contributed by atoms with Gasteiger partial charge in [0.05, 0.1) is 16.5 Å². The first-order valence-electron chi connectivity index (χ1n) is 7.30. The zero-order valence-electron chi connectivity index (χ0n) is 13.1. The van der Waals surface area contributed by atoms with Gasteiger partial charge in [0.25, 0.3) is 5.91 Å². The molecule has 1 amide bonds. The molecule has 25 heavy (non-hydrogen) atoms. The second kappa shape index (κ2) is 7.67. The molecule has 0 fully saturated rings. The number of nitrogens with zero attached hydrogens (tertiary/aromatic N) is 2. The fraction of sp³-hybridized carbons (Fsp3) is 0.118. The number of benzene rings is 2. The maximum Gasteiger partial charge on any atom is 0.255 e. The largest absolute Gasteiger partial charge is 0.338 e. The van der Waals surface area contributed by atoms with Crippen molar-refractivity contribution >= 4 is 35.0 Å². The summed E-state index contributed by atoms with van der Waals surface area (Å²) in [4.78, 5) is 17.3. The molecular formula is C17H13ClFN3O2S. The van der Waals surface area contributed by atoms with E-state index in [1.165, 1.54) is 23.9 Å². The lowest BCUT2D eigenvalue weighted by molar-refractivity contribution is 0.102. The van der Waals surface area contributed by atoms with Crippen LogP contribution in [0.3, 0.4) is 0 Å². The highest BCUT2D eigenvalue weighted by Gasteiger charge is 2.10. The number of rotatable bonds is 5. The summed E-state index contributed by atoms with van der Waals surface area (Å²) in [6, 6.07) is 10.9. The molecule has 0 bridgehead atoms. The van der Waals surface area contributed by atoms with Crippen molar-refractivity contribution in [3.05, 3.63) is 70.6 Å². The summed E-state index contributed by atoms with van der Waals surface area (Å²) in [6.07, 6.45) is 0. The number of thioether (sulfide) groups is 1. The molecule has 3 aromatic rings. The van der Waals surface area contributed by atoms with Gasteiger partial charge < -0.3 is 9.84 Å². The van der Waals surface area contributed by atoms with Gasteiger partial charge in [-0.25, -0.2) is 4.39 Å². The van der Waals surface area contributed by atoms with Crippen molar-refractivity contribution in [1.29, 1.82) is 0 Å². The zero-order valence-corrected chi connectivity index (χ0v) is 14.7. The Morgan fingerprint density at radius 3 is 2.68 bits per heavy atom. The number of halogens is 2. The van der Waals surface area contributed by atoms with Crippen molar-refractivity contribution in [3.8, 4) is 0 Å². The molecule has 0 saturated heterocycles. The van der Waals surface area contributed by atoms with Crippen LogP contribution < -0.4 is 5.32 Å². The van der Waals surface area contributed by atoms with Gasteiger partial charge in [0, 0.05) is 10.5 Å². The van der Waals surface area contributed by atoms with E-state index >= 15 is 0 Å². The summed E-state index contributed by atoms with van der Waals surface area (Å²) in [6.45, 7) is 1.76. The van der Waals surface area contributed by atoms with E-state index in [-0.39, 0.29) is 10.9 Å². The Kier molecular flexibility index (Phi) is 5.35. The van der Waals surface area contributed by atoms with Gasteiger partial charge in [-0.05, 0) is 49.4 Å². The second-order valence-corrected chi connectivity index (χ2v) is 6.58. The number of anilines is 1. The number of hydrogen-bond acceptors (Lipinski definition) is 5. The second-order valence-electron chi connectivity index (χ2n) is 5.13. The first-order chi connectivity index (χ1) is 12.0. The Bertz CT molecular complexity index is 899. The molecule has 0 aliphatic heterocycles. The average Bonchev–Trinajstić information content (AvgIpc) is 3.01. The van der Waals surface area contributed by atoms with E-state index in [1.54, 1.807) is 19.1 Å². The number of aromatic nitrogens is 2. The Morgan fingerprint density at radius 1 is 1.28 bits per heavy atom. The minimum Gasteiger partial charge on any atom is -0.338 e. The van der Waals surface area contributed by atoms with Crippen molar-refractivity contribution in [2.24, 2.45) is 0 Å². The van der Waals surface area contributed by atoms with Crippen LogP contribution in [-0.4, -0.2) is 16.0 Å². The Morgan fingerprint density at radius 2 is 2.04 bits per heavy atom. The number of hydrogen-bond donors (Lipinski definition) is 1. The molecule has 1 N–H and O–H groups in total. The van der Waals surface area contributed by atoms with Crippen LogP contribution in [0.5, 0.6) is 0 Å². The van der Waals surface area contributed by atoms with Gasteiger partial charge in [-0.15, -0.1) is 11.8 Å². The lowest BCUT2D eigenvalue weighted by Crippen LogP contribution is -2.12. The SMILES string of the molecule is Cc1noc(CSc2ccc(C(=O)Nc3ccc(F)cc3Cl)cc2)n1. The Hall–Kier alpha value is -2.38. The van der Waals surface area contributed by atoms with Gasteiger partial charge in [-0.2, -0.15) is 4.98 Å². The summed E-state index contributed by atoms with van der Waals surface area (Å²) in [7, 11) is 0. The van der Waals surface area contributed by atoms with Crippen LogP contribution in [-0.2, 0) is 5.75 Å². The third-order valence-corrected chi connectivity index (χ3v) is 4.54. The van der Waals surface area contributed by atoms with Crippen LogP contribution in [0.25, 0.3) is 0 Å². The predicted octanol–water partition coefficient (Wildman–Crippen LogP) is 4.72. The third-order valence-electron chi connectivity index (χ3n) is 3.23. The van der Waals surface area contributed by atoms with Crippen molar-refractivity contribution < 1.29 is 13.7 Å². The van der Waals surface area contributed by atoms with Gasteiger partial charge in [-0.3, -0.25) is 4.79 Å². The molecule has 0 spiro atoms. The normalized spacial score (nSPS) is 10.7. The minimum atomic E-state index is -0.458. The Labute approximate surface area is 152 Å². The van der Waals surface area contributed by atoms with Crippen molar-refractivity contribution in [3.63, 3.8) is 0 Å². The highest BCUT2D eigenvalue weighted by Crippen LogP contribution is 2.25. The van der Waals surface area contributed by atoms with Gasteiger partial charge in [-0.1, -0.05) is 16.8 Å². The van der Waals surface area contributed by atoms with E-state index in [9.17, 15) is 9.18 Å². The molecule has 3 rings (SSSR count). The average molecular weight is 378 g/mol. The van der Waals surface area contributed by atoms with E-state index in [0.717, 1.165) is 11.0 Å². The maximum atomic E-state index is 13.0. The summed E-state index contributed by atoms with van der Waals surface area (Å²) in [5, 5.41) is 6.54. The maximum absolute atomic E-state index is 13.0. The molecule has 0 saturated carbocycles. The standard InChI is InChI=1S/C17H13ClFN3O2S/c1-10-20-16(24-22-10)9-25-13-5-2-11(3-6-13)17(23)21-15-7-4-12(19)8-14(15)18/h2-8H,9H2,1H3,(H,21,23). The lowest BCUT2D eigenvalue weighted by Gasteiger charge is -2.08. The quantitative estimate of drug-likeness (QED) is 0.652. The molecule has 5 nitrogen and oxygen atoms in total. The van der Waals surface area contributed by atoms with Crippen molar-refractivity contribution in [2.75, 3.05) is 5.32 Å². The number of carbonyl (C=O) groups excluding carboxylic acids is 1. The predicted molar refractivity (Wildman–Crippen MR) is 94.4 cm³/mol. The molecule has 0 atom stereocenters. The monoisotopic (exact) mass is 377 g/mol. The van der Waals surface area contributed by atoms with Crippen LogP contribution >= 0.6 is 23.4 Å². The molecule has 0 aliphatic carbocycles. The smallest absolute Gasteiger partial charge is 0.255 e. The van der Waals surface area contributed by atoms with Crippen LogP contribution in [0.1, 0.15) is 22.1 Å².